The molecule has 8 unspecified atom stereocenters. The Morgan fingerprint density at radius 2 is 0.908 bits per heavy atom. The lowest BCUT2D eigenvalue weighted by atomic mass is 9.99. The predicted octanol–water partition coefficient (Wildman–Crippen LogP) is 15.2. The lowest BCUT2D eigenvalue weighted by Gasteiger charge is -2.41. The Labute approximate surface area is 466 Å². The first-order valence-electron chi connectivity index (χ1n) is 31.9. The summed E-state index contributed by atoms with van der Waals surface area (Å²) in [5.41, 5.74) is 0. The molecule has 0 radical (unpaired) electrons. The molecule has 0 aliphatic carbocycles. The lowest BCUT2D eigenvalue weighted by molar-refractivity contribution is -0.305. The third-order valence-corrected chi connectivity index (χ3v) is 15.0. The molecule has 0 saturated carbocycles. The van der Waals surface area contributed by atoms with Gasteiger partial charge in [0.2, 0.25) is 5.91 Å². The van der Waals surface area contributed by atoms with Crippen molar-refractivity contribution in [3.63, 3.8) is 0 Å². The van der Waals surface area contributed by atoms with Crippen molar-refractivity contribution >= 4 is 11.9 Å². The van der Waals surface area contributed by atoms with E-state index in [-0.39, 0.29) is 19.4 Å². The van der Waals surface area contributed by atoms with Gasteiger partial charge in [-0.15, -0.1) is 0 Å². The van der Waals surface area contributed by atoms with Crippen molar-refractivity contribution in [1.82, 2.24) is 5.32 Å². The molecule has 1 aliphatic rings. The maximum atomic E-state index is 13.4. The number of nitrogens with one attached hydrogen (secondary N) is 1. The number of ether oxygens (including phenoxy) is 3. The standard InChI is InChI=1S/C65H119NO10/c1-4-7-10-13-16-19-22-24-26-27-28-29-30-31-32-33-34-37-40-43-46-49-52-58(69)64(73)66-56(57(68)51-48-45-42-39-36-21-18-15-12-9-6-3)55-74-65-63(62(72)61(71)59(54-67)75-65)76-60(70)53-50-47-44-41-38-35-25-23-20-17-14-11-8-5-2/h16,19,24,26,28-29,48,51,56-59,61-63,65,67-69,71-72H,4-15,17-18,20-23,25,27,30-47,49-50,52-55H2,1-3H3,(H,66,73)/b19-16-,26-24-,29-28-,51-48+. The van der Waals surface area contributed by atoms with Crippen molar-refractivity contribution in [3.05, 3.63) is 48.6 Å². The summed E-state index contributed by atoms with van der Waals surface area (Å²) in [6, 6.07) is -1.02. The molecule has 0 spiro atoms. The molecule has 11 nitrogen and oxygen atoms in total. The highest BCUT2D eigenvalue weighted by atomic mass is 16.7. The topological polar surface area (TPSA) is 175 Å². The number of carbonyl (C=O) groups excluding carboxylic acids is 2. The van der Waals surface area contributed by atoms with Crippen LogP contribution in [-0.4, -0.2) is 99.6 Å². The van der Waals surface area contributed by atoms with Crippen molar-refractivity contribution < 1.29 is 49.3 Å². The number of aliphatic hydroxyl groups is 5. The summed E-state index contributed by atoms with van der Waals surface area (Å²) in [5, 5.41) is 57.0. The number of esters is 1. The molecule has 444 valence electrons. The van der Waals surface area contributed by atoms with Gasteiger partial charge in [-0.3, -0.25) is 9.59 Å². The second kappa shape index (κ2) is 53.3. The number of unbranched alkanes of at least 4 members (excludes halogenated alkanes) is 34. The van der Waals surface area contributed by atoms with Gasteiger partial charge in [0.05, 0.1) is 25.4 Å². The largest absolute Gasteiger partial charge is 0.454 e. The number of carbonyl (C=O) groups is 2. The van der Waals surface area contributed by atoms with E-state index in [0.717, 1.165) is 77.0 Å². The Bertz CT molecular complexity index is 1420. The summed E-state index contributed by atoms with van der Waals surface area (Å²) < 4.78 is 17.6. The number of hydrogen-bond donors (Lipinski definition) is 6. The van der Waals surface area contributed by atoms with Crippen molar-refractivity contribution in [1.29, 1.82) is 0 Å². The van der Waals surface area contributed by atoms with Gasteiger partial charge in [0.1, 0.15) is 24.4 Å². The quantitative estimate of drug-likeness (QED) is 0.0195. The van der Waals surface area contributed by atoms with Crippen LogP contribution in [0.2, 0.25) is 0 Å². The van der Waals surface area contributed by atoms with Gasteiger partial charge in [-0.1, -0.05) is 268 Å². The fourth-order valence-electron chi connectivity index (χ4n) is 9.89. The van der Waals surface area contributed by atoms with E-state index < -0.39 is 67.4 Å². The van der Waals surface area contributed by atoms with Crippen LogP contribution in [0.1, 0.15) is 290 Å². The molecule has 1 heterocycles. The minimum atomic E-state index is -1.61. The van der Waals surface area contributed by atoms with Crippen molar-refractivity contribution in [2.75, 3.05) is 13.2 Å². The molecule has 76 heavy (non-hydrogen) atoms. The summed E-state index contributed by atoms with van der Waals surface area (Å²) in [4.78, 5) is 26.5. The highest BCUT2D eigenvalue weighted by molar-refractivity contribution is 5.80. The Balaban J connectivity index is 2.63. The van der Waals surface area contributed by atoms with Crippen LogP contribution in [0.25, 0.3) is 0 Å². The van der Waals surface area contributed by atoms with Crippen LogP contribution in [-0.2, 0) is 23.8 Å². The minimum Gasteiger partial charge on any atom is -0.454 e. The summed E-state index contributed by atoms with van der Waals surface area (Å²) in [5.74, 6) is -1.19. The van der Waals surface area contributed by atoms with Gasteiger partial charge in [0.15, 0.2) is 12.4 Å². The van der Waals surface area contributed by atoms with Gasteiger partial charge in [0, 0.05) is 6.42 Å². The Morgan fingerprint density at radius 3 is 1.38 bits per heavy atom. The van der Waals surface area contributed by atoms with Crippen LogP contribution < -0.4 is 5.32 Å². The molecule has 0 bridgehead atoms. The highest BCUT2D eigenvalue weighted by Gasteiger charge is 2.47. The molecule has 1 fully saturated rings. The van der Waals surface area contributed by atoms with Gasteiger partial charge >= 0.3 is 5.97 Å². The summed E-state index contributed by atoms with van der Waals surface area (Å²) >= 11 is 0. The van der Waals surface area contributed by atoms with Crippen LogP contribution >= 0.6 is 0 Å². The highest BCUT2D eigenvalue weighted by Crippen LogP contribution is 2.26. The van der Waals surface area contributed by atoms with E-state index in [0.29, 0.717) is 12.8 Å². The van der Waals surface area contributed by atoms with E-state index in [9.17, 15) is 35.1 Å². The first-order valence-corrected chi connectivity index (χ1v) is 31.9. The molecular formula is C65H119NO10. The number of rotatable bonds is 54. The number of allylic oxidation sites excluding steroid dienone is 7. The maximum Gasteiger partial charge on any atom is 0.306 e. The molecule has 0 aromatic rings. The average molecular weight is 1070 g/mol. The fourth-order valence-corrected chi connectivity index (χ4v) is 9.89. The molecule has 1 saturated heterocycles. The smallest absolute Gasteiger partial charge is 0.306 e. The summed E-state index contributed by atoms with van der Waals surface area (Å²) in [6.45, 7) is 5.77. The van der Waals surface area contributed by atoms with Gasteiger partial charge in [-0.25, -0.2) is 0 Å². The minimum absolute atomic E-state index is 0.127. The average Bonchev–Trinajstić information content (AvgIpc) is 3.42. The first kappa shape index (κ1) is 71.6. The molecular weight excluding hydrogens is 955 g/mol. The Kier molecular flexibility index (Phi) is 50.2. The van der Waals surface area contributed by atoms with Crippen molar-refractivity contribution in [2.24, 2.45) is 0 Å². The molecule has 11 heteroatoms. The van der Waals surface area contributed by atoms with Crippen LogP contribution in [0, 0.1) is 0 Å². The van der Waals surface area contributed by atoms with E-state index in [4.69, 9.17) is 14.2 Å². The van der Waals surface area contributed by atoms with Crippen LogP contribution in [0.3, 0.4) is 0 Å². The van der Waals surface area contributed by atoms with E-state index in [2.05, 4.69) is 62.5 Å². The maximum absolute atomic E-state index is 13.4. The van der Waals surface area contributed by atoms with Crippen LogP contribution in [0.4, 0.5) is 0 Å². The zero-order chi connectivity index (χ0) is 55.4. The molecule has 0 aromatic heterocycles. The summed E-state index contributed by atoms with van der Waals surface area (Å²) in [7, 11) is 0. The molecule has 1 amide bonds. The third-order valence-electron chi connectivity index (χ3n) is 15.0. The van der Waals surface area contributed by atoms with Crippen LogP contribution in [0.15, 0.2) is 48.6 Å². The number of hydrogen-bond acceptors (Lipinski definition) is 10. The number of amides is 1. The van der Waals surface area contributed by atoms with Crippen molar-refractivity contribution in [3.8, 4) is 0 Å². The zero-order valence-electron chi connectivity index (χ0n) is 49.1. The van der Waals surface area contributed by atoms with E-state index in [1.807, 2.05) is 6.08 Å². The van der Waals surface area contributed by atoms with Crippen LogP contribution in [0.5, 0.6) is 0 Å². The molecule has 6 N–H and O–H groups in total. The normalized spacial score (nSPS) is 19.4. The SMILES string of the molecule is CCCCC/C=C\C/C=C\C/C=C\CCCCCCCCCCCC(O)C(=O)NC(COC1OC(CO)C(O)C(O)C1OC(=O)CCCCCCCCCCCCCCCC)C(O)/C=C/CCCCCCCCCCC. The lowest BCUT2D eigenvalue weighted by Crippen LogP contribution is -2.61. The van der Waals surface area contributed by atoms with Gasteiger partial charge in [-0.2, -0.15) is 0 Å². The van der Waals surface area contributed by atoms with E-state index >= 15 is 0 Å². The molecule has 8 atom stereocenters. The Hall–Kier alpha value is -2.38. The van der Waals surface area contributed by atoms with E-state index in [1.54, 1.807) is 6.08 Å². The van der Waals surface area contributed by atoms with E-state index in [1.165, 1.54) is 167 Å². The third kappa shape index (κ3) is 40.8. The monoisotopic (exact) mass is 1070 g/mol. The second-order valence-electron chi connectivity index (χ2n) is 22.1. The molecule has 1 aliphatic heterocycles. The van der Waals surface area contributed by atoms with Gasteiger partial charge in [-0.05, 0) is 64.2 Å². The number of aliphatic hydroxyl groups excluding tert-OH is 5. The molecule has 0 aromatic carbocycles. The molecule has 1 rings (SSSR count). The van der Waals surface area contributed by atoms with Gasteiger partial charge < -0.3 is 45.1 Å². The second-order valence-corrected chi connectivity index (χ2v) is 22.1. The van der Waals surface area contributed by atoms with Crippen molar-refractivity contribution in [2.45, 2.75) is 339 Å². The zero-order valence-corrected chi connectivity index (χ0v) is 49.1. The summed E-state index contributed by atoms with van der Waals surface area (Å²) in [6.07, 6.45) is 54.3. The first-order chi connectivity index (χ1) is 37.2. The predicted molar refractivity (Wildman–Crippen MR) is 315 cm³/mol. The van der Waals surface area contributed by atoms with Gasteiger partial charge in [0.25, 0.3) is 0 Å². The fraction of sp³-hybridized carbons (Fsp3) is 0.846. The Morgan fingerprint density at radius 1 is 0.513 bits per heavy atom.